The fraction of sp³-hybridized carbons (Fsp3) is 0.222. The monoisotopic (exact) mass is 360 g/mol. The highest BCUT2D eigenvalue weighted by molar-refractivity contribution is 8.01. The fourth-order valence-electron chi connectivity index (χ4n) is 2.51. The molecule has 1 N–H and O–H groups in total. The smallest absolute Gasteiger partial charge is 0.238 e. The van der Waals surface area contributed by atoms with Crippen molar-refractivity contribution in [2.45, 2.75) is 23.1 Å². The lowest BCUT2D eigenvalue weighted by Gasteiger charge is -2.25. The summed E-state index contributed by atoms with van der Waals surface area (Å²) in [5.41, 5.74) is 1.70. The average Bonchev–Trinajstić information content (AvgIpc) is 2.57. The van der Waals surface area contributed by atoms with Crippen molar-refractivity contribution in [3.05, 3.63) is 59.1 Å². The third kappa shape index (κ3) is 3.74. The van der Waals surface area contributed by atoms with E-state index in [-0.39, 0.29) is 18.2 Å². The first-order chi connectivity index (χ1) is 11.5. The normalized spacial score (nSPS) is 16.2. The molecule has 4 nitrogen and oxygen atoms in total. The van der Waals surface area contributed by atoms with Gasteiger partial charge in [0.25, 0.3) is 0 Å². The van der Waals surface area contributed by atoms with Gasteiger partial charge in [0, 0.05) is 29.9 Å². The van der Waals surface area contributed by atoms with Crippen LogP contribution in [0.1, 0.15) is 12.0 Å². The number of thioether (sulfide) groups is 1. The highest BCUT2D eigenvalue weighted by Crippen LogP contribution is 2.36. The van der Waals surface area contributed by atoms with Crippen molar-refractivity contribution in [2.24, 2.45) is 0 Å². The second kappa shape index (κ2) is 7.28. The summed E-state index contributed by atoms with van der Waals surface area (Å²) in [6.07, 6.45) is 0.159. The number of para-hydroxylation sites is 1. The van der Waals surface area contributed by atoms with Crippen LogP contribution in [0.15, 0.2) is 53.4 Å². The number of nitrogens with zero attached hydrogens (tertiary/aromatic N) is 1. The van der Waals surface area contributed by atoms with Gasteiger partial charge in [0.1, 0.15) is 0 Å². The predicted octanol–water partition coefficient (Wildman–Crippen LogP) is 3.80. The quantitative estimate of drug-likeness (QED) is 0.902. The van der Waals surface area contributed by atoms with Crippen molar-refractivity contribution in [1.82, 2.24) is 4.90 Å². The molecule has 1 unspecified atom stereocenters. The number of halogens is 1. The molecule has 2 aromatic carbocycles. The van der Waals surface area contributed by atoms with Crippen LogP contribution in [0.2, 0.25) is 5.02 Å². The van der Waals surface area contributed by atoms with Crippen LogP contribution in [0.3, 0.4) is 0 Å². The van der Waals surface area contributed by atoms with Gasteiger partial charge in [-0.3, -0.25) is 9.59 Å². The maximum Gasteiger partial charge on any atom is 0.238 e. The third-order valence-electron chi connectivity index (χ3n) is 3.86. The summed E-state index contributed by atoms with van der Waals surface area (Å²) < 4.78 is 0. The molecular formula is C18H17ClN2O2S. The standard InChI is InChI=1S/C18H17ClN2O2S/c1-21(11-12-6-2-3-7-13(12)19)17(22)10-16-18(23)20-14-8-4-5-9-15(14)24-16/h2-9,16H,10-11H2,1H3,(H,20,23). The summed E-state index contributed by atoms with van der Waals surface area (Å²) in [7, 11) is 1.73. The second-order valence-corrected chi connectivity index (χ2v) is 7.29. The maximum absolute atomic E-state index is 12.5. The number of hydrogen-bond acceptors (Lipinski definition) is 3. The first-order valence-electron chi connectivity index (χ1n) is 7.58. The van der Waals surface area contributed by atoms with Gasteiger partial charge >= 0.3 is 0 Å². The zero-order chi connectivity index (χ0) is 17.1. The molecule has 1 aliphatic heterocycles. The second-order valence-electron chi connectivity index (χ2n) is 5.64. The minimum atomic E-state index is -0.416. The number of carbonyl (C=O) groups is 2. The average molecular weight is 361 g/mol. The number of rotatable bonds is 4. The molecule has 124 valence electrons. The van der Waals surface area contributed by atoms with E-state index in [4.69, 9.17) is 11.6 Å². The van der Waals surface area contributed by atoms with Crippen molar-refractivity contribution < 1.29 is 9.59 Å². The van der Waals surface area contributed by atoms with Crippen LogP contribution in [-0.4, -0.2) is 29.0 Å². The Kier molecular flexibility index (Phi) is 5.11. The summed E-state index contributed by atoms with van der Waals surface area (Å²) in [6, 6.07) is 15.1. The van der Waals surface area contributed by atoms with E-state index in [0.717, 1.165) is 16.1 Å². The van der Waals surface area contributed by atoms with Gasteiger partial charge in [-0.2, -0.15) is 0 Å². The molecule has 0 bridgehead atoms. The van der Waals surface area contributed by atoms with E-state index >= 15 is 0 Å². The van der Waals surface area contributed by atoms with E-state index in [2.05, 4.69) is 5.32 Å². The molecule has 1 atom stereocenters. The molecule has 6 heteroatoms. The predicted molar refractivity (Wildman–Crippen MR) is 97.3 cm³/mol. The van der Waals surface area contributed by atoms with Crippen LogP contribution in [0.5, 0.6) is 0 Å². The Labute approximate surface area is 150 Å². The van der Waals surface area contributed by atoms with Crippen LogP contribution >= 0.6 is 23.4 Å². The number of hydrogen-bond donors (Lipinski definition) is 1. The van der Waals surface area contributed by atoms with E-state index in [1.54, 1.807) is 18.0 Å². The van der Waals surface area contributed by atoms with Crippen molar-refractivity contribution in [3.8, 4) is 0 Å². The summed E-state index contributed by atoms with van der Waals surface area (Å²) in [5, 5.41) is 3.08. The van der Waals surface area contributed by atoms with E-state index < -0.39 is 5.25 Å². The third-order valence-corrected chi connectivity index (χ3v) is 5.50. The highest BCUT2D eigenvalue weighted by atomic mass is 35.5. The van der Waals surface area contributed by atoms with Crippen LogP contribution in [-0.2, 0) is 16.1 Å². The Morgan fingerprint density at radius 2 is 1.92 bits per heavy atom. The number of benzene rings is 2. The van der Waals surface area contributed by atoms with Crippen molar-refractivity contribution in [2.75, 3.05) is 12.4 Å². The van der Waals surface area contributed by atoms with Gasteiger partial charge in [-0.15, -0.1) is 11.8 Å². The lowest BCUT2D eigenvalue weighted by Crippen LogP contribution is -2.35. The molecule has 2 amide bonds. The molecule has 1 heterocycles. The van der Waals surface area contributed by atoms with Crippen LogP contribution in [0, 0.1) is 0 Å². The van der Waals surface area contributed by atoms with Crippen LogP contribution in [0.25, 0.3) is 0 Å². The molecule has 0 aliphatic carbocycles. The lowest BCUT2D eigenvalue weighted by atomic mass is 10.2. The zero-order valence-electron chi connectivity index (χ0n) is 13.2. The lowest BCUT2D eigenvalue weighted by molar-refractivity contribution is -0.131. The van der Waals surface area contributed by atoms with Gasteiger partial charge in [0.2, 0.25) is 11.8 Å². The van der Waals surface area contributed by atoms with Gasteiger partial charge in [0.15, 0.2) is 0 Å². The summed E-state index contributed by atoms with van der Waals surface area (Å²) in [4.78, 5) is 27.3. The van der Waals surface area contributed by atoms with Crippen molar-refractivity contribution >= 4 is 40.9 Å². The molecule has 0 fully saturated rings. The molecule has 0 spiro atoms. The minimum Gasteiger partial charge on any atom is -0.341 e. The Balaban J connectivity index is 1.64. The van der Waals surface area contributed by atoms with Gasteiger partial charge in [-0.1, -0.05) is 41.9 Å². The van der Waals surface area contributed by atoms with Gasteiger partial charge < -0.3 is 10.2 Å². The van der Waals surface area contributed by atoms with E-state index in [1.165, 1.54) is 11.8 Å². The van der Waals surface area contributed by atoms with E-state index in [0.29, 0.717) is 11.6 Å². The largest absolute Gasteiger partial charge is 0.341 e. The number of anilines is 1. The molecule has 3 rings (SSSR count). The summed E-state index contributed by atoms with van der Waals surface area (Å²) in [5.74, 6) is -0.208. The first kappa shape index (κ1) is 16.9. The maximum atomic E-state index is 12.5. The Hall–Kier alpha value is -1.98. The molecule has 0 aromatic heterocycles. The topological polar surface area (TPSA) is 49.4 Å². The summed E-state index contributed by atoms with van der Waals surface area (Å²) in [6.45, 7) is 0.425. The number of carbonyl (C=O) groups excluding carboxylic acids is 2. The number of amides is 2. The summed E-state index contributed by atoms with van der Waals surface area (Å²) >= 11 is 7.57. The number of fused-ring (bicyclic) bond motifs is 1. The van der Waals surface area contributed by atoms with Crippen LogP contribution in [0.4, 0.5) is 5.69 Å². The van der Waals surface area contributed by atoms with Crippen LogP contribution < -0.4 is 5.32 Å². The minimum absolute atomic E-state index is 0.0815. The van der Waals surface area contributed by atoms with E-state index in [1.807, 2.05) is 42.5 Å². The molecule has 0 saturated carbocycles. The molecule has 1 aliphatic rings. The molecule has 24 heavy (non-hydrogen) atoms. The molecule has 2 aromatic rings. The number of nitrogens with one attached hydrogen (secondary N) is 1. The van der Waals surface area contributed by atoms with Gasteiger partial charge in [0.05, 0.1) is 10.9 Å². The highest BCUT2D eigenvalue weighted by Gasteiger charge is 2.29. The van der Waals surface area contributed by atoms with Crippen molar-refractivity contribution in [1.29, 1.82) is 0 Å². The van der Waals surface area contributed by atoms with Crippen molar-refractivity contribution in [3.63, 3.8) is 0 Å². The molecule has 0 radical (unpaired) electrons. The zero-order valence-corrected chi connectivity index (χ0v) is 14.7. The molecule has 0 saturated heterocycles. The Bertz CT molecular complexity index is 781. The van der Waals surface area contributed by atoms with Gasteiger partial charge in [-0.05, 0) is 23.8 Å². The molecular weight excluding hydrogens is 344 g/mol. The van der Waals surface area contributed by atoms with Gasteiger partial charge in [-0.25, -0.2) is 0 Å². The fourth-order valence-corrected chi connectivity index (χ4v) is 3.81. The SMILES string of the molecule is CN(Cc1ccccc1Cl)C(=O)CC1Sc2ccccc2NC1=O. The van der Waals surface area contributed by atoms with E-state index in [9.17, 15) is 9.59 Å². The first-order valence-corrected chi connectivity index (χ1v) is 8.84. The Morgan fingerprint density at radius 1 is 1.21 bits per heavy atom. The Morgan fingerprint density at radius 3 is 2.71 bits per heavy atom.